The third-order valence-corrected chi connectivity index (χ3v) is 4.48. The maximum atomic E-state index is 11.6. The smallest absolute Gasteiger partial charge is 0.303 e. The first-order valence-electron chi connectivity index (χ1n) is 6.40. The first-order chi connectivity index (χ1) is 7.98. The van der Waals surface area contributed by atoms with Crippen molar-refractivity contribution < 1.29 is 18.3 Å². The molecule has 0 aromatic rings. The van der Waals surface area contributed by atoms with Crippen molar-refractivity contribution in [2.24, 2.45) is 0 Å². The number of carbonyl (C=O) groups is 1. The van der Waals surface area contributed by atoms with E-state index in [9.17, 15) is 13.2 Å². The van der Waals surface area contributed by atoms with E-state index >= 15 is 0 Å². The van der Waals surface area contributed by atoms with E-state index in [-0.39, 0.29) is 17.9 Å². The number of sulfone groups is 1. The van der Waals surface area contributed by atoms with Crippen LogP contribution in [-0.4, -0.2) is 31.0 Å². The molecule has 0 spiro atoms. The number of carboxylic acids is 1. The summed E-state index contributed by atoms with van der Waals surface area (Å²) in [5.74, 6) is -0.322. The molecule has 0 rings (SSSR count). The molecule has 0 atom stereocenters. The molecule has 1 N–H and O–H groups in total. The van der Waals surface area contributed by atoms with Crippen molar-refractivity contribution in [1.29, 1.82) is 0 Å². The van der Waals surface area contributed by atoms with Crippen LogP contribution >= 0.6 is 0 Å². The molecule has 0 aromatic heterocycles. The molecule has 0 aliphatic rings. The van der Waals surface area contributed by atoms with Gasteiger partial charge in [-0.15, -0.1) is 0 Å². The van der Waals surface area contributed by atoms with Crippen molar-refractivity contribution >= 4 is 15.8 Å². The van der Waals surface area contributed by atoms with E-state index in [1.54, 1.807) is 0 Å². The minimum absolute atomic E-state index is 0.135. The highest BCUT2D eigenvalue weighted by Gasteiger charge is 2.09. The number of rotatable bonds is 11. The molecule has 0 bridgehead atoms. The van der Waals surface area contributed by atoms with Crippen LogP contribution in [0, 0.1) is 0 Å². The Morgan fingerprint density at radius 3 is 1.94 bits per heavy atom. The lowest BCUT2D eigenvalue weighted by Crippen LogP contribution is -2.11. The molecule has 0 saturated heterocycles. The van der Waals surface area contributed by atoms with Crippen molar-refractivity contribution in [2.45, 2.75) is 58.3 Å². The second kappa shape index (κ2) is 9.45. The molecule has 0 fully saturated rings. The number of hydrogen-bond donors (Lipinski definition) is 1. The first kappa shape index (κ1) is 16.4. The predicted octanol–water partition coefficient (Wildman–Crippen LogP) is 2.63. The molecular weight excluding hydrogens is 240 g/mol. The number of aliphatic carboxylic acids is 1. The molecular formula is C12H24O4S. The Bertz CT molecular complexity index is 296. The summed E-state index contributed by atoms with van der Waals surface area (Å²) in [6, 6.07) is 0. The molecule has 4 nitrogen and oxygen atoms in total. The summed E-state index contributed by atoms with van der Waals surface area (Å²) in [4.78, 5) is 10.2. The van der Waals surface area contributed by atoms with Crippen molar-refractivity contribution in [3.8, 4) is 0 Å². The highest BCUT2D eigenvalue weighted by molar-refractivity contribution is 7.91. The highest BCUT2D eigenvalue weighted by Crippen LogP contribution is 2.07. The van der Waals surface area contributed by atoms with Gasteiger partial charge in [0.25, 0.3) is 0 Å². The third-order valence-electron chi connectivity index (χ3n) is 2.65. The molecule has 0 aromatic carbocycles. The Morgan fingerprint density at radius 2 is 1.47 bits per heavy atom. The van der Waals surface area contributed by atoms with Gasteiger partial charge in [0.05, 0.1) is 11.5 Å². The van der Waals surface area contributed by atoms with Gasteiger partial charge in [-0.05, 0) is 19.3 Å². The molecule has 0 unspecified atom stereocenters. The van der Waals surface area contributed by atoms with Crippen LogP contribution < -0.4 is 0 Å². The van der Waals surface area contributed by atoms with Crippen LogP contribution in [0.25, 0.3) is 0 Å². The van der Waals surface area contributed by atoms with Gasteiger partial charge in [-0.2, -0.15) is 0 Å². The van der Waals surface area contributed by atoms with E-state index in [4.69, 9.17) is 5.11 Å². The van der Waals surface area contributed by atoms with E-state index in [0.29, 0.717) is 19.3 Å². The Morgan fingerprint density at radius 1 is 0.941 bits per heavy atom. The largest absolute Gasteiger partial charge is 0.481 e. The zero-order valence-electron chi connectivity index (χ0n) is 10.7. The maximum Gasteiger partial charge on any atom is 0.303 e. The van der Waals surface area contributed by atoms with Crippen LogP contribution in [0.1, 0.15) is 58.3 Å². The molecule has 0 heterocycles. The first-order valence-corrected chi connectivity index (χ1v) is 8.22. The maximum absolute atomic E-state index is 11.6. The van der Waals surface area contributed by atoms with Crippen molar-refractivity contribution in [3.05, 3.63) is 0 Å². The molecule has 17 heavy (non-hydrogen) atoms. The van der Waals surface area contributed by atoms with Crippen LogP contribution in [-0.2, 0) is 14.6 Å². The van der Waals surface area contributed by atoms with E-state index < -0.39 is 15.8 Å². The monoisotopic (exact) mass is 264 g/mol. The number of carboxylic acid groups (broad SMARTS) is 1. The molecule has 0 aliphatic carbocycles. The predicted molar refractivity (Wildman–Crippen MR) is 68.9 cm³/mol. The fraction of sp³-hybridized carbons (Fsp3) is 0.917. The average Bonchev–Trinajstić information content (AvgIpc) is 2.23. The topological polar surface area (TPSA) is 71.4 Å². The van der Waals surface area contributed by atoms with Gasteiger partial charge < -0.3 is 5.11 Å². The normalized spacial score (nSPS) is 11.6. The van der Waals surface area contributed by atoms with Crippen LogP contribution in [0.4, 0.5) is 0 Å². The SMILES string of the molecule is CCCCCCS(=O)(=O)CCCCCC(=O)O. The van der Waals surface area contributed by atoms with E-state index in [1.165, 1.54) is 0 Å². The molecule has 0 amide bonds. The van der Waals surface area contributed by atoms with Crippen molar-refractivity contribution in [3.63, 3.8) is 0 Å². The Kier molecular flexibility index (Phi) is 9.13. The van der Waals surface area contributed by atoms with Gasteiger partial charge >= 0.3 is 5.97 Å². The van der Waals surface area contributed by atoms with Gasteiger partial charge in [-0.1, -0.05) is 32.6 Å². The summed E-state index contributed by atoms with van der Waals surface area (Å²) in [6.45, 7) is 2.09. The van der Waals surface area contributed by atoms with Gasteiger partial charge in [-0.3, -0.25) is 4.79 Å². The minimum atomic E-state index is -2.91. The van der Waals surface area contributed by atoms with Crippen LogP contribution in [0.5, 0.6) is 0 Å². The molecule has 0 radical (unpaired) electrons. The van der Waals surface area contributed by atoms with Crippen molar-refractivity contribution in [1.82, 2.24) is 0 Å². The Balaban J connectivity index is 3.54. The van der Waals surface area contributed by atoms with E-state index in [0.717, 1.165) is 25.7 Å². The lowest BCUT2D eigenvalue weighted by molar-refractivity contribution is -0.137. The summed E-state index contributed by atoms with van der Waals surface area (Å²) < 4.78 is 23.1. The molecule has 5 heteroatoms. The van der Waals surface area contributed by atoms with Crippen LogP contribution in [0.2, 0.25) is 0 Å². The van der Waals surface area contributed by atoms with Crippen LogP contribution in [0.15, 0.2) is 0 Å². The number of unbranched alkanes of at least 4 members (excludes halogenated alkanes) is 5. The van der Waals surface area contributed by atoms with E-state index in [2.05, 4.69) is 6.92 Å². The van der Waals surface area contributed by atoms with Crippen molar-refractivity contribution in [2.75, 3.05) is 11.5 Å². The fourth-order valence-electron chi connectivity index (χ4n) is 1.63. The Labute approximate surface area is 104 Å². The number of hydrogen-bond acceptors (Lipinski definition) is 3. The van der Waals surface area contributed by atoms with Crippen LogP contribution in [0.3, 0.4) is 0 Å². The molecule has 102 valence electrons. The summed E-state index contributed by atoms with van der Waals surface area (Å²) in [5, 5.41) is 8.42. The summed E-state index contributed by atoms with van der Waals surface area (Å²) in [5.41, 5.74) is 0. The minimum Gasteiger partial charge on any atom is -0.481 e. The second-order valence-electron chi connectivity index (χ2n) is 4.42. The average molecular weight is 264 g/mol. The third kappa shape index (κ3) is 11.7. The van der Waals surface area contributed by atoms with Gasteiger partial charge in [0.1, 0.15) is 9.84 Å². The van der Waals surface area contributed by atoms with Gasteiger partial charge in [0, 0.05) is 6.42 Å². The van der Waals surface area contributed by atoms with Gasteiger partial charge in [-0.25, -0.2) is 8.42 Å². The summed E-state index contributed by atoms with van der Waals surface area (Å²) in [7, 11) is -2.91. The van der Waals surface area contributed by atoms with E-state index in [1.807, 2.05) is 0 Å². The quantitative estimate of drug-likeness (QED) is 0.582. The summed E-state index contributed by atoms with van der Waals surface area (Å²) >= 11 is 0. The van der Waals surface area contributed by atoms with Gasteiger partial charge in [0.15, 0.2) is 0 Å². The summed E-state index contributed by atoms with van der Waals surface area (Å²) in [6.07, 6.45) is 5.91. The Hall–Kier alpha value is -0.580. The molecule has 0 saturated carbocycles. The molecule has 0 aliphatic heterocycles. The van der Waals surface area contributed by atoms with Gasteiger partial charge in [0.2, 0.25) is 0 Å². The second-order valence-corrected chi connectivity index (χ2v) is 6.72. The zero-order valence-corrected chi connectivity index (χ0v) is 11.5. The lowest BCUT2D eigenvalue weighted by Gasteiger charge is -2.03. The fourth-order valence-corrected chi connectivity index (χ4v) is 3.12. The zero-order chi connectivity index (χ0) is 13.1. The lowest BCUT2D eigenvalue weighted by atomic mass is 10.2. The highest BCUT2D eigenvalue weighted by atomic mass is 32.2. The standard InChI is InChI=1S/C12H24O4S/c1-2-3-4-7-10-17(15,16)11-8-5-6-9-12(13)14/h2-11H2,1H3,(H,13,14).